The van der Waals surface area contributed by atoms with Crippen LogP contribution in [-0.4, -0.2) is 35.1 Å². The van der Waals surface area contributed by atoms with Gasteiger partial charge in [0.1, 0.15) is 0 Å². The summed E-state index contributed by atoms with van der Waals surface area (Å²) in [5, 5.41) is 9.47. The number of amides is 1. The Labute approximate surface area is 110 Å². The second-order valence-electron chi connectivity index (χ2n) is 5.02. The first-order valence-electron chi connectivity index (χ1n) is 6.37. The van der Waals surface area contributed by atoms with Crippen LogP contribution in [0.2, 0.25) is 0 Å². The van der Waals surface area contributed by atoms with Crippen LogP contribution in [0.25, 0.3) is 0 Å². The van der Waals surface area contributed by atoms with E-state index >= 15 is 0 Å². The lowest BCUT2D eigenvalue weighted by Gasteiger charge is -2.18. The fourth-order valence-corrected chi connectivity index (χ4v) is 2.37. The average Bonchev–Trinajstić information content (AvgIpc) is 2.84. The van der Waals surface area contributed by atoms with E-state index in [0.717, 1.165) is 12.5 Å². The highest BCUT2D eigenvalue weighted by atomic mass is 19.2. The molecule has 0 spiro atoms. The summed E-state index contributed by atoms with van der Waals surface area (Å²) < 4.78 is 26.5. The van der Waals surface area contributed by atoms with Gasteiger partial charge in [-0.2, -0.15) is 0 Å². The Morgan fingerprint density at radius 1 is 1.53 bits per heavy atom. The number of nitrogens with zero attached hydrogens (tertiary/aromatic N) is 1. The Hall–Kier alpha value is -1.49. The number of carbonyl (C=O) groups is 1. The van der Waals surface area contributed by atoms with Gasteiger partial charge in [0.15, 0.2) is 11.6 Å². The Morgan fingerprint density at radius 2 is 2.26 bits per heavy atom. The molecule has 2 rings (SSSR count). The van der Waals surface area contributed by atoms with Crippen LogP contribution >= 0.6 is 0 Å². The molecule has 1 fully saturated rings. The summed E-state index contributed by atoms with van der Waals surface area (Å²) in [6.45, 7) is 2.74. The highest BCUT2D eigenvalue weighted by molar-refractivity contribution is 5.79. The number of hydrogen-bond acceptors (Lipinski definition) is 2. The van der Waals surface area contributed by atoms with Crippen molar-refractivity contribution in [2.45, 2.75) is 25.9 Å². The number of aliphatic hydroxyl groups excluding tert-OH is 1. The average molecular weight is 269 g/mol. The van der Waals surface area contributed by atoms with Gasteiger partial charge >= 0.3 is 0 Å². The Kier molecular flexibility index (Phi) is 4.14. The van der Waals surface area contributed by atoms with E-state index in [1.54, 1.807) is 11.8 Å². The Balaban J connectivity index is 2.00. The van der Waals surface area contributed by atoms with Gasteiger partial charge < -0.3 is 10.0 Å². The fourth-order valence-electron chi connectivity index (χ4n) is 2.37. The SMILES string of the molecule is CC(O)C1CCN(C(=O)Cc2cccc(F)c2F)C1. The number of hydrogen-bond donors (Lipinski definition) is 1. The van der Waals surface area contributed by atoms with Crippen molar-refractivity contribution >= 4 is 5.91 Å². The smallest absolute Gasteiger partial charge is 0.227 e. The van der Waals surface area contributed by atoms with Gasteiger partial charge in [0.05, 0.1) is 12.5 Å². The molecule has 1 N–H and O–H groups in total. The molecule has 0 saturated carbocycles. The quantitative estimate of drug-likeness (QED) is 0.908. The molecule has 1 heterocycles. The van der Waals surface area contributed by atoms with Crippen LogP contribution in [0.3, 0.4) is 0 Å². The summed E-state index contributed by atoms with van der Waals surface area (Å²) in [4.78, 5) is 13.6. The molecule has 3 nitrogen and oxygen atoms in total. The van der Waals surface area contributed by atoms with E-state index in [-0.39, 0.29) is 23.8 Å². The predicted molar refractivity (Wildman–Crippen MR) is 66.4 cm³/mol. The fraction of sp³-hybridized carbons (Fsp3) is 0.500. The number of rotatable bonds is 3. The van der Waals surface area contributed by atoms with Crippen LogP contribution in [0.4, 0.5) is 8.78 Å². The van der Waals surface area contributed by atoms with E-state index < -0.39 is 17.7 Å². The molecule has 2 unspecified atom stereocenters. The summed E-state index contributed by atoms with van der Waals surface area (Å²) in [5.41, 5.74) is 0.0745. The van der Waals surface area contributed by atoms with Crippen molar-refractivity contribution in [1.29, 1.82) is 0 Å². The normalized spacial score (nSPS) is 20.6. The van der Waals surface area contributed by atoms with Gasteiger partial charge in [0.25, 0.3) is 0 Å². The van der Waals surface area contributed by atoms with Gasteiger partial charge in [0, 0.05) is 24.6 Å². The first-order valence-corrected chi connectivity index (χ1v) is 6.37. The van der Waals surface area contributed by atoms with Gasteiger partial charge in [0.2, 0.25) is 5.91 Å². The van der Waals surface area contributed by atoms with E-state index in [9.17, 15) is 18.7 Å². The first-order chi connectivity index (χ1) is 8.99. The standard InChI is InChI=1S/C14H17F2NO2/c1-9(18)11-5-6-17(8-11)13(19)7-10-3-2-4-12(15)14(10)16/h2-4,9,11,18H,5-8H2,1H3. The van der Waals surface area contributed by atoms with Crippen LogP contribution in [0, 0.1) is 17.6 Å². The maximum Gasteiger partial charge on any atom is 0.227 e. The number of halogens is 2. The third kappa shape index (κ3) is 3.10. The molecular weight excluding hydrogens is 252 g/mol. The predicted octanol–water partition coefficient (Wildman–Crippen LogP) is 1.74. The van der Waals surface area contributed by atoms with E-state index in [1.807, 2.05) is 0 Å². The van der Waals surface area contributed by atoms with Crippen LogP contribution in [0.5, 0.6) is 0 Å². The minimum Gasteiger partial charge on any atom is -0.393 e. The molecule has 19 heavy (non-hydrogen) atoms. The molecule has 1 aliphatic heterocycles. The Bertz CT molecular complexity index is 477. The topological polar surface area (TPSA) is 40.5 Å². The van der Waals surface area contributed by atoms with Crippen LogP contribution in [0.1, 0.15) is 18.9 Å². The van der Waals surface area contributed by atoms with Crippen molar-refractivity contribution in [2.75, 3.05) is 13.1 Å². The molecule has 0 aliphatic carbocycles. The molecule has 1 saturated heterocycles. The lowest BCUT2D eigenvalue weighted by atomic mass is 10.0. The van der Waals surface area contributed by atoms with E-state index in [0.29, 0.717) is 13.1 Å². The molecule has 104 valence electrons. The lowest BCUT2D eigenvalue weighted by Crippen LogP contribution is -2.31. The summed E-state index contributed by atoms with van der Waals surface area (Å²) in [6, 6.07) is 3.84. The van der Waals surface area contributed by atoms with Gasteiger partial charge in [-0.1, -0.05) is 12.1 Å². The second kappa shape index (κ2) is 5.65. The van der Waals surface area contributed by atoms with Gasteiger partial charge in [-0.3, -0.25) is 4.79 Å². The maximum absolute atomic E-state index is 13.5. The highest BCUT2D eigenvalue weighted by Crippen LogP contribution is 2.21. The number of likely N-dealkylation sites (tertiary alicyclic amines) is 1. The zero-order valence-corrected chi connectivity index (χ0v) is 10.8. The van der Waals surface area contributed by atoms with Gasteiger partial charge in [-0.25, -0.2) is 8.78 Å². The third-order valence-corrected chi connectivity index (χ3v) is 3.63. The van der Waals surface area contributed by atoms with E-state index in [2.05, 4.69) is 0 Å². The monoisotopic (exact) mass is 269 g/mol. The molecule has 0 aromatic heterocycles. The Morgan fingerprint density at radius 3 is 2.89 bits per heavy atom. The van der Waals surface area contributed by atoms with Crippen molar-refractivity contribution in [3.05, 3.63) is 35.4 Å². The van der Waals surface area contributed by atoms with Crippen molar-refractivity contribution < 1.29 is 18.7 Å². The highest BCUT2D eigenvalue weighted by Gasteiger charge is 2.29. The molecular formula is C14H17F2NO2. The summed E-state index contributed by atoms with van der Waals surface area (Å²) in [6.07, 6.45) is 0.147. The summed E-state index contributed by atoms with van der Waals surface area (Å²) >= 11 is 0. The van der Waals surface area contributed by atoms with Crippen LogP contribution in [-0.2, 0) is 11.2 Å². The molecule has 1 aromatic rings. The third-order valence-electron chi connectivity index (χ3n) is 3.63. The number of aliphatic hydroxyl groups is 1. The van der Waals surface area contributed by atoms with Crippen molar-refractivity contribution in [2.24, 2.45) is 5.92 Å². The summed E-state index contributed by atoms with van der Waals surface area (Å²) in [7, 11) is 0. The lowest BCUT2D eigenvalue weighted by molar-refractivity contribution is -0.129. The largest absolute Gasteiger partial charge is 0.393 e. The van der Waals surface area contributed by atoms with E-state index in [4.69, 9.17) is 0 Å². The van der Waals surface area contributed by atoms with Crippen molar-refractivity contribution in [1.82, 2.24) is 4.90 Å². The second-order valence-corrected chi connectivity index (χ2v) is 5.02. The minimum absolute atomic E-state index is 0.0707. The van der Waals surface area contributed by atoms with Gasteiger partial charge in [-0.05, 0) is 19.4 Å². The molecule has 1 amide bonds. The van der Waals surface area contributed by atoms with E-state index in [1.165, 1.54) is 12.1 Å². The zero-order valence-electron chi connectivity index (χ0n) is 10.8. The molecule has 0 radical (unpaired) electrons. The molecule has 5 heteroatoms. The molecule has 1 aliphatic rings. The van der Waals surface area contributed by atoms with Crippen molar-refractivity contribution in [3.8, 4) is 0 Å². The van der Waals surface area contributed by atoms with Crippen LogP contribution in [0.15, 0.2) is 18.2 Å². The maximum atomic E-state index is 13.5. The minimum atomic E-state index is -0.956. The number of benzene rings is 1. The molecule has 2 atom stereocenters. The molecule has 0 bridgehead atoms. The van der Waals surface area contributed by atoms with Gasteiger partial charge in [-0.15, -0.1) is 0 Å². The van der Waals surface area contributed by atoms with Crippen LogP contribution < -0.4 is 0 Å². The number of carbonyl (C=O) groups excluding carboxylic acids is 1. The zero-order chi connectivity index (χ0) is 14.0. The van der Waals surface area contributed by atoms with Crippen molar-refractivity contribution in [3.63, 3.8) is 0 Å². The first kappa shape index (κ1) is 13.9. The summed E-state index contributed by atoms with van der Waals surface area (Å²) in [5.74, 6) is -2.05. The molecule has 1 aromatic carbocycles.